The fraction of sp³-hybridized carbons (Fsp3) is 0.824. The van der Waals surface area contributed by atoms with Crippen molar-refractivity contribution in [1.29, 1.82) is 0 Å². The molecule has 0 spiro atoms. The van der Waals surface area contributed by atoms with Gasteiger partial charge in [0.2, 0.25) is 21.8 Å². The zero-order chi connectivity index (χ0) is 19.7. The van der Waals surface area contributed by atoms with Gasteiger partial charge in [0.15, 0.2) is 5.82 Å². The number of nitrogens with zero attached hydrogens (tertiary/aromatic N) is 2. The van der Waals surface area contributed by atoms with E-state index in [4.69, 9.17) is 9.73 Å². The highest BCUT2D eigenvalue weighted by Gasteiger charge is 2.23. The van der Waals surface area contributed by atoms with E-state index in [1.165, 1.54) is 32.1 Å². The summed E-state index contributed by atoms with van der Waals surface area (Å²) < 4.78 is 30.7. The molecule has 1 fully saturated rings. The summed E-state index contributed by atoms with van der Waals surface area (Å²) in [5.41, 5.74) is 1.64. The zero-order valence-corrected chi connectivity index (χ0v) is 16.6. The topological polar surface area (TPSA) is 134 Å². The first-order valence-electron chi connectivity index (χ1n) is 9.66. The van der Waals surface area contributed by atoms with Crippen molar-refractivity contribution >= 4 is 15.9 Å². The second-order valence-corrected chi connectivity index (χ2v) is 9.24. The first kappa shape index (κ1) is 21.8. The van der Waals surface area contributed by atoms with Gasteiger partial charge in [0, 0.05) is 12.3 Å². The average molecular weight is 403 g/mol. The van der Waals surface area contributed by atoms with E-state index in [-0.39, 0.29) is 30.5 Å². The molecule has 1 amide bonds. The maximum absolute atomic E-state index is 11.6. The molecule has 1 aromatic heterocycles. The number of nitrogens with one attached hydrogen (secondary N) is 2. The number of aromatic nitrogens is 2. The molecule has 1 saturated carbocycles. The molecule has 1 aliphatic rings. The molecule has 2 rings (SSSR count). The van der Waals surface area contributed by atoms with Crippen LogP contribution in [0.1, 0.15) is 82.3 Å². The van der Waals surface area contributed by atoms with E-state index >= 15 is 0 Å². The Labute approximate surface area is 160 Å². The number of carbonyl (C=O) groups excluding carboxylic acids is 1. The van der Waals surface area contributed by atoms with E-state index in [9.17, 15) is 13.2 Å². The van der Waals surface area contributed by atoms with Crippen molar-refractivity contribution < 1.29 is 22.9 Å². The van der Waals surface area contributed by atoms with Crippen molar-refractivity contribution in [2.45, 2.75) is 77.2 Å². The van der Waals surface area contributed by atoms with Crippen LogP contribution in [-0.2, 0) is 21.4 Å². The Morgan fingerprint density at radius 2 is 2.07 bits per heavy atom. The number of hydrogen-bond donors (Lipinski definition) is 3. The van der Waals surface area contributed by atoms with Crippen molar-refractivity contribution in [3.63, 3.8) is 0 Å². The third-order valence-corrected chi connectivity index (χ3v) is 6.45. The van der Waals surface area contributed by atoms with E-state index < -0.39 is 15.9 Å². The Balaban J connectivity index is 1.93. The number of sulfonamides is 1. The third kappa shape index (κ3) is 7.55. The van der Waals surface area contributed by atoms with Crippen LogP contribution in [0.25, 0.3) is 0 Å². The van der Waals surface area contributed by atoms with Crippen LogP contribution in [0.15, 0.2) is 4.52 Å². The van der Waals surface area contributed by atoms with Crippen molar-refractivity contribution in [2.75, 3.05) is 5.75 Å². The SMILES string of the molecule is CCS(=O)(=O)NCc1noc([C@H](CCCC2CCCCC2)CC(=O)NO)n1. The van der Waals surface area contributed by atoms with Crippen LogP contribution in [0, 0.1) is 5.92 Å². The number of carbonyl (C=O) groups is 1. The van der Waals surface area contributed by atoms with Crippen LogP contribution < -0.4 is 10.2 Å². The summed E-state index contributed by atoms with van der Waals surface area (Å²) in [4.78, 5) is 15.9. The smallest absolute Gasteiger partial charge is 0.244 e. The van der Waals surface area contributed by atoms with Crippen LogP contribution in [0.2, 0.25) is 0 Å². The third-order valence-electron chi connectivity index (χ3n) is 5.11. The molecule has 154 valence electrons. The van der Waals surface area contributed by atoms with Gasteiger partial charge in [-0.2, -0.15) is 4.98 Å². The first-order valence-corrected chi connectivity index (χ1v) is 11.3. The molecule has 0 aromatic carbocycles. The lowest BCUT2D eigenvalue weighted by molar-refractivity contribution is -0.129. The van der Waals surface area contributed by atoms with Crippen molar-refractivity contribution in [3.05, 3.63) is 11.7 Å². The second kappa shape index (κ2) is 10.7. The molecule has 10 heteroatoms. The highest BCUT2D eigenvalue weighted by Crippen LogP contribution is 2.31. The minimum Gasteiger partial charge on any atom is -0.339 e. The van der Waals surface area contributed by atoms with E-state index in [0.717, 1.165) is 18.8 Å². The number of hydrogen-bond acceptors (Lipinski definition) is 7. The predicted octanol–water partition coefficient (Wildman–Crippen LogP) is 2.24. The van der Waals surface area contributed by atoms with Crippen LogP contribution in [0.4, 0.5) is 0 Å². The van der Waals surface area contributed by atoms with Gasteiger partial charge in [-0.05, 0) is 19.3 Å². The van der Waals surface area contributed by atoms with Gasteiger partial charge >= 0.3 is 0 Å². The molecule has 0 radical (unpaired) electrons. The van der Waals surface area contributed by atoms with Gasteiger partial charge in [0.05, 0.1) is 12.3 Å². The highest BCUT2D eigenvalue weighted by atomic mass is 32.2. The quantitative estimate of drug-likeness (QED) is 0.381. The molecule has 27 heavy (non-hydrogen) atoms. The summed E-state index contributed by atoms with van der Waals surface area (Å²) in [6.07, 6.45) is 9.23. The summed E-state index contributed by atoms with van der Waals surface area (Å²) in [6.45, 7) is 1.49. The highest BCUT2D eigenvalue weighted by molar-refractivity contribution is 7.89. The Morgan fingerprint density at radius 3 is 2.74 bits per heavy atom. The number of hydroxylamine groups is 1. The van der Waals surface area contributed by atoms with Gasteiger partial charge in [0.1, 0.15) is 0 Å². The monoisotopic (exact) mass is 402 g/mol. The van der Waals surface area contributed by atoms with Gasteiger partial charge in [0.25, 0.3) is 0 Å². The lowest BCUT2D eigenvalue weighted by Crippen LogP contribution is -2.25. The standard InChI is InChI=1S/C17H30N4O5S/c1-2-27(24,25)18-12-15-19-17(26-21-15)14(11-16(22)20-23)10-6-9-13-7-4-3-5-8-13/h13-14,18,23H,2-12H2,1H3,(H,20,22)/t14-/m1/s1. The average Bonchev–Trinajstić information content (AvgIpc) is 3.15. The Morgan fingerprint density at radius 1 is 1.33 bits per heavy atom. The van der Waals surface area contributed by atoms with Gasteiger partial charge in [-0.25, -0.2) is 18.6 Å². The van der Waals surface area contributed by atoms with Crippen molar-refractivity contribution in [1.82, 2.24) is 20.3 Å². The van der Waals surface area contributed by atoms with Gasteiger partial charge in [-0.1, -0.05) is 50.1 Å². The maximum Gasteiger partial charge on any atom is 0.244 e. The fourth-order valence-electron chi connectivity index (χ4n) is 3.49. The second-order valence-electron chi connectivity index (χ2n) is 7.14. The van der Waals surface area contributed by atoms with E-state index in [0.29, 0.717) is 12.3 Å². The number of amides is 1. The molecule has 3 N–H and O–H groups in total. The predicted molar refractivity (Wildman–Crippen MR) is 98.3 cm³/mol. The lowest BCUT2D eigenvalue weighted by atomic mass is 9.84. The zero-order valence-electron chi connectivity index (χ0n) is 15.8. The normalized spacial score (nSPS) is 17.0. The van der Waals surface area contributed by atoms with Gasteiger partial charge in [-0.3, -0.25) is 10.0 Å². The maximum atomic E-state index is 11.6. The molecule has 1 aromatic rings. The molecule has 1 atom stereocenters. The molecular weight excluding hydrogens is 372 g/mol. The molecule has 0 unspecified atom stereocenters. The summed E-state index contributed by atoms with van der Waals surface area (Å²) in [5.74, 6) is 0.427. The lowest BCUT2D eigenvalue weighted by Gasteiger charge is -2.22. The Kier molecular flexibility index (Phi) is 8.65. The summed E-state index contributed by atoms with van der Waals surface area (Å²) >= 11 is 0. The fourth-order valence-corrected chi connectivity index (χ4v) is 4.05. The van der Waals surface area contributed by atoms with Crippen molar-refractivity contribution in [3.8, 4) is 0 Å². The minimum absolute atomic E-state index is 0.0296. The van der Waals surface area contributed by atoms with E-state index in [1.54, 1.807) is 12.4 Å². The molecule has 1 aliphatic carbocycles. The van der Waals surface area contributed by atoms with Crippen molar-refractivity contribution in [2.24, 2.45) is 5.92 Å². The van der Waals surface area contributed by atoms with Crippen LogP contribution in [0.5, 0.6) is 0 Å². The number of rotatable bonds is 11. The molecule has 1 heterocycles. The van der Waals surface area contributed by atoms with Crippen LogP contribution in [-0.4, -0.2) is 35.4 Å². The van der Waals surface area contributed by atoms with Gasteiger partial charge in [-0.15, -0.1) is 0 Å². The van der Waals surface area contributed by atoms with E-state index in [1.807, 2.05) is 0 Å². The minimum atomic E-state index is -3.35. The molecule has 0 aliphatic heterocycles. The Hall–Kier alpha value is -1.52. The molecule has 0 saturated heterocycles. The Bertz CT molecular complexity index is 685. The first-order chi connectivity index (χ1) is 12.9. The van der Waals surface area contributed by atoms with Crippen LogP contribution >= 0.6 is 0 Å². The van der Waals surface area contributed by atoms with Crippen LogP contribution in [0.3, 0.4) is 0 Å². The summed E-state index contributed by atoms with van der Waals surface area (Å²) in [6, 6.07) is 0. The van der Waals surface area contributed by atoms with Gasteiger partial charge < -0.3 is 4.52 Å². The summed E-state index contributed by atoms with van der Waals surface area (Å²) in [7, 11) is -3.35. The summed E-state index contributed by atoms with van der Waals surface area (Å²) in [5, 5.41) is 12.6. The molecular formula is C17H30N4O5S. The molecule has 0 bridgehead atoms. The van der Waals surface area contributed by atoms with E-state index in [2.05, 4.69) is 14.9 Å². The largest absolute Gasteiger partial charge is 0.339 e. The molecule has 9 nitrogen and oxygen atoms in total.